The van der Waals surface area contributed by atoms with E-state index in [0.29, 0.717) is 30.1 Å². The highest BCUT2D eigenvalue weighted by molar-refractivity contribution is 7.91. The predicted molar refractivity (Wildman–Crippen MR) is 98.8 cm³/mol. The Balaban J connectivity index is 1.57. The number of methoxy groups -OCH3 is 1. The fourth-order valence-electron chi connectivity index (χ4n) is 3.38. The Kier molecular flexibility index (Phi) is 4.11. The van der Waals surface area contributed by atoms with Crippen LogP contribution in [0, 0.1) is 0 Å². The molecule has 2 aliphatic rings. The summed E-state index contributed by atoms with van der Waals surface area (Å²) in [6, 6.07) is 12.4. The highest BCUT2D eigenvalue weighted by atomic mass is 32.2. The molecule has 0 atom stereocenters. The molecule has 6 nitrogen and oxygen atoms in total. The van der Waals surface area contributed by atoms with Crippen molar-refractivity contribution in [3.05, 3.63) is 59.2 Å². The van der Waals surface area contributed by atoms with Gasteiger partial charge in [-0.2, -0.15) is 8.42 Å². The Morgan fingerprint density at radius 2 is 1.96 bits per heavy atom. The van der Waals surface area contributed by atoms with Gasteiger partial charge < -0.3 is 4.74 Å². The minimum absolute atomic E-state index is 0.323. The van der Waals surface area contributed by atoms with E-state index in [1.54, 1.807) is 37.4 Å². The number of amides is 1. The van der Waals surface area contributed by atoms with Crippen molar-refractivity contribution in [3.63, 3.8) is 0 Å². The maximum atomic E-state index is 12.7. The van der Waals surface area contributed by atoms with E-state index < -0.39 is 16.1 Å². The maximum absolute atomic E-state index is 12.7. The summed E-state index contributed by atoms with van der Waals surface area (Å²) in [5, 5.41) is 0. The van der Waals surface area contributed by atoms with E-state index >= 15 is 0 Å². The lowest BCUT2D eigenvalue weighted by Gasteiger charge is -2.20. The smallest absolute Gasteiger partial charge is 0.326 e. The van der Waals surface area contributed by atoms with Crippen LogP contribution >= 0.6 is 0 Å². The van der Waals surface area contributed by atoms with Crippen molar-refractivity contribution in [2.45, 2.75) is 25.2 Å². The van der Waals surface area contributed by atoms with Gasteiger partial charge in [-0.25, -0.2) is 4.72 Å². The molecule has 2 aromatic carbocycles. The number of rotatable bonds is 5. The highest BCUT2D eigenvalue weighted by Crippen LogP contribution is 2.44. The van der Waals surface area contributed by atoms with Gasteiger partial charge in [-0.3, -0.25) is 9.10 Å². The standard InChI is InChI=1S/C19H20N2O4S/c1-25-18-9-8-15(12-16(18)13-6-7-13)19(22)20-26(23,24)21-11-10-14-4-2-3-5-17(14)21/h2-5,8-9,12-13H,6-7,10-11H2,1H3,(H,20,22). The molecule has 4 rings (SSSR count). The summed E-state index contributed by atoms with van der Waals surface area (Å²) in [4.78, 5) is 12.6. The molecule has 0 unspecified atom stereocenters. The van der Waals surface area contributed by atoms with Crippen molar-refractivity contribution >= 4 is 21.8 Å². The van der Waals surface area contributed by atoms with E-state index in [0.717, 1.165) is 29.7 Å². The second-order valence-electron chi connectivity index (χ2n) is 6.62. The molecule has 1 heterocycles. The second kappa shape index (κ2) is 6.32. The van der Waals surface area contributed by atoms with Crippen LogP contribution in [0.2, 0.25) is 0 Å². The molecule has 1 aliphatic heterocycles. The van der Waals surface area contributed by atoms with Crippen LogP contribution in [0.1, 0.15) is 40.2 Å². The van der Waals surface area contributed by atoms with E-state index in [9.17, 15) is 13.2 Å². The third-order valence-electron chi connectivity index (χ3n) is 4.87. The van der Waals surface area contributed by atoms with Crippen LogP contribution in [-0.2, 0) is 16.6 Å². The van der Waals surface area contributed by atoms with E-state index in [2.05, 4.69) is 4.72 Å². The lowest BCUT2D eigenvalue weighted by molar-refractivity contribution is 0.0981. The van der Waals surface area contributed by atoms with Crippen LogP contribution in [-0.4, -0.2) is 28.0 Å². The molecule has 1 saturated carbocycles. The Morgan fingerprint density at radius 3 is 2.69 bits per heavy atom. The fourth-order valence-corrected chi connectivity index (χ4v) is 4.61. The van der Waals surface area contributed by atoms with Gasteiger partial charge in [0.25, 0.3) is 5.91 Å². The Bertz CT molecular complexity index is 967. The summed E-state index contributed by atoms with van der Waals surface area (Å²) in [6.45, 7) is 0.331. The Labute approximate surface area is 153 Å². The molecule has 0 spiro atoms. The monoisotopic (exact) mass is 372 g/mol. The molecule has 0 radical (unpaired) electrons. The minimum atomic E-state index is -3.95. The van der Waals surface area contributed by atoms with Gasteiger partial charge >= 0.3 is 10.2 Å². The number of carbonyl (C=O) groups excluding carboxylic acids is 1. The zero-order valence-corrected chi connectivity index (χ0v) is 15.3. The zero-order valence-electron chi connectivity index (χ0n) is 14.4. The average molecular weight is 372 g/mol. The number of hydrogen-bond donors (Lipinski definition) is 1. The molecular formula is C19H20N2O4S. The number of nitrogens with zero attached hydrogens (tertiary/aromatic N) is 1. The maximum Gasteiger partial charge on any atom is 0.326 e. The summed E-state index contributed by atoms with van der Waals surface area (Å²) >= 11 is 0. The van der Waals surface area contributed by atoms with Gasteiger partial charge in [0.2, 0.25) is 0 Å². The fraction of sp³-hybridized carbons (Fsp3) is 0.316. The molecule has 0 saturated heterocycles. The largest absolute Gasteiger partial charge is 0.496 e. The minimum Gasteiger partial charge on any atom is -0.496 e. The van der Waals surface area contributed by atoms with Crippen LogP contribution in [0.25, 0.3) is 0 Å². The van der Waals surface area contributed by atoms with Crippen LogP contribution in [0.15, 0.2) is 42.5 Å². The molecule has 0 aromatic heterocycles. The third-order valence-corrected chi connectivity index (χ3v) is 6.27. The predicted octanol–water partition coefficient (Wildman–Crippen LogP) is 2.61. The number of ether oxygens (including phenoxy) is 1. The molecule has 1 N–H and O–H groups in total. The summed E-state index contributed by atoms with van der Waals surface area (Å²) < 4.78 is 34.2. The van der Waals surface area contributed by atoms with Gasteiger partial charge in [0.1, 0.15) is 5.75 Å². The van der Waals surface area contributed by atoms with Gasteiger partial charge in [0.05, 0.1) is 12.8 Å². The number of benzene rings is 2. The number of fused-ring (bicyclic) bond motifs is 1. The van der Waals surface area contributed by atoms with Crippen LogP contribution in [0.3, 0.4) is 0 Å². The van der Waals surface area contributed by atoms with Gasteiger partial charge in [-0.05, 0) is 60.6 Å². The molecule has 1 aliphatic carbocycles. The quantitative estimate of drug-likeness (QED) is 0.875. The molecule has 0 bridgehead atoms. The van der Waals surface area contributed by atoms with Crippen molar-refractivity contribution in [1.82, 2.24) is 4.72 Å². The van der Waals surface area contributed by atoms with Crippen molar-refractivity contribution in [2.24, 2.45) is 0 Å². The number of carbonyl (C=O) groups is 1. The van der Waals surface area contributed by atoms with E-state index in [1.165, 1.54) is 4.31 Å². The molecule has 7 heteroatoms. The van der Waals surface area contributed by atoms with Gasteiger partial charge in [-0.15, -0.1) is 0 Å². The second-order valence-corrected chi connectivity index (χ2v) is 8.21. The molecular weight excluding hydrogens is 352 g/mol. The number of anilines is 1. The van der Waals surface area contributed by atoms with Crippen molar-refractivity contribution in [1.29, 1.82) is 0 Å². The topological polar surface area (TPSA) is 75.7 Å². The first-order chi connectivity index (χ1) is 12.5. The van der Waals surface area contributed by atoms with Gasteiger partial charge in [0.15, 0.2) is 0 Å². The lowest BCUT2D eigenvalue weighted by Crippen LogP contribution is -2.42. The number of nitrogens with one attached hydrogen (secondary N) is 1. The first kappa shape index (κ1) is 16.9. The normalized spacial score (nSPS) is 16.3. The summed E-state index contributed by atoms with van der Waals surface area (Å²) in [6.07, 6.45) is 2.76. The van der Waals surface area contributed by atoms with E-state index in [4.69, 9.17) is 4.74 Å². The lowest BCUT2D eigenvalue weighted by atomic mass is 10.1. The summed E-state index contributed by atoms with van der Waals surface area (Å²) in [5.74, 6) is 0.499. The molecule has 136 valence electrons. The zero-order chi connectivity index (χ0) is 18.3. The highest BCUT2D eigenvalue weighted by Gasteiger charge is 2.32. The van der Waals surface area contributed by atoms with Crippen LogP contribution in [0.4, 0.5) is 5.69 Å². The first-order valence-corrected chi connectivity index (χ1v) is 10.0. The van der Waals surface area contributed by atoms with Crippen molar-refractivity contribution < 1.29 is 17.9 Å². The van der Waals surface area contributed by atoms with Gasteiger partial charge in [0, 0.05) is 12.1 Å². The number of para-hydroxylation sites is 1. The van der Waals surface area contributed by atoms with Crippen molar-refractivity contribution in [2.75, 3.05) is 18.0 Å². The Morgan fingerprint density at radius 1 is 1.19 bits per heavy atom. The number of hydrogen-bond acceptors (Lipinski definition) is 4. The molecule has 1 fully saturated rings. The van der Waals surface area contributed by atoms with Crippen molar-refractivity contribution in [3.8, 4) is 5.75 Å². The van der Waals surface area contributed by atoms with Gasteiger partial charge in [-0.1, -0.05) is 18.2 Å². The summed E-state index contributed by atoms with van der Waals surface area (Å²) in [7, 11) is -2.36. The Hall–Kier alpha value is -2.54. The molecule has 1 amide bonds. The first-order valence-electron chi connectivity index (χ1n) is 8.60. The van der Waals surface area contributed by atoms with E-state index in [1.807, 2.05) is 12.1 Å². The average Bonchev–Trinajstić information content (AvgIpc) is 3.38. The molecule has 26 heavy (non-hydrogen) atoms. The molecule has 2 aromatic rings. The summed E-state index contributed by atoms with van der Waals surface area (Å²) in [5.41, 5.74) is 2.87. The third kappa shape index (κ3) is 3.03. The van der Waals surface area contributed by atoms with Crippen LogP contribution < -0.4 is 13.8 Å². The van der Waals surface area contributed by atoms with E-state index in [-0.39, 0.29) is 0 Å². The van der Waals surface area contributed by atoms with Crippen LogP contribution in [0.5, 0.6) is 5.75 Å². The SMILES string of the molecule is COc1ccc(C(=O)NS(=O)(=O)N2CCc3ccccc32)cc1C1CC1.